The molecule has 0 saturated heterocycles. The monoisotopic (exact) mass is 338 g/mol. The zero-order valence-electron chi connectivity index (χ0n) is 12.8. The van der Waals surface area contributed by atoms with Gasteiger partial charge in [-0.3, -0.25) is 9.79 Å². The molecule has 2 rings (SSSR count). The lowest BCUT2D eigenvalue weighted by Gasteiger charge is -2.04. The Kier molecular flexibility index (Phi) is 7.35. The van der Waals surface area contributed by atoms with Crippen LogP contribution in [0.25, 0.3) is 6.08 Å². The Bertz CT molecular complexity index is 678. The molecule has 0 fully saturated rings. The topological polar surface area (TPSA) is 96.2 Å². The maximum atomic E-state index is 10.3. The van der Waals surface area contributed by atoms with Crippen molar-refractivity contribution >= 4 is 13.9 Å². The number of aromatic hydroxyl groups is 1. The zero-order valence-corrected chi connectivity index (χ0v) is 13.7. The summed E-state index contributed by atoms with van der Waals surface area (Å²) in [6.45, 7) is 1.94. The number of ether oxygens (including phenoxy) is 1. The van der Waals surface area contributed by atoms with Gasteiger partial charge in [0.05, 0.1) is 7.11 Å². The third-order valence-corrected chi connectivity index (χ3v) is 2.98. The molecule has 0 aromatic heterocycles. The third kappa shape index (κ3) is 7.51. The van der Waals surface area contributed by atoms with Gasteiger partial charge in [-0.15, -0.1) is 0 Å². The Morgan fingerprint density at radius 3 is 2.26 bits per heavy atom. The summed E-state index contributed by atoms with van der Waals surface area (Å²) in [7, 11) is -2.85. The van der Waals surface area contributed by atoms with Crippen LogP contribution in [0.5, 0.6) is 17.2 Å². The molecule has 0 heterocycles. The van der Waals surface area contributed by atoms with Gasteiger partial charge in [-0.2, -0.15) is 0 Å². The first-order valence-corrected chi connectivity index (χ1v) is 8.18. The van der Waals surface area contributed by atoms with Crippen LogP contribution in [-0.2, 0) is 4.57 Å². The van der Waals surface area contributed by atoms with Crippen molar-refractivity contribution in [1.29, 1.82) is 0 Å². The van der Waals surface area contributed by atoms with Gasteiger partial charge in [0, 0.05) is 0 Å². The molecule has 0 spiro atoms. The van der Waals surface area contributed by atoms with Crippen molar-refractivity contribution in [2.45, 2.75) is 6.92 Å². The fourth-order valence-corrected chi connectivity index (χ4v) is 2.01. The molecule has 0 aliphatic carbocycles. The molecule has 3 N–H and O–H groups in total. The van der Waals surface area contributed by atoms with E-state index >= 15 is 0 Å². The lowest BCUT2D eigenvalue weighted by atomic mass is 10.2. The van der Waals surface area contributed by atoms with Crippen LogP contribution < -0.4 is 9.26 Å². The lowest BCUT2D eigenvalue weighted by molar-refractivity contribution is 0.283. The van der Waals surface area contributed by atoms with E-state index in [1.807, 2.05) is 25.1 Å². The summed E-state index contributed by atoms with van der Waals surface area (Å²) in [5.41, 5.74) is 1.02. The summed E-state index contributed by atoms with van der Waals surface area (Å²) in [6.07, 6.45) is 3.88. The number of benzene rings is 2. The van der Waals surface area contributed by atoms with Crippen molar-refractivity contribution in [2.75, 3.05) is 7.11 Å². The highest BCUT2D eigenvalue weighted by molar-refractivity contribution is 7.46. The van der Waals surface area contributed by atoms with Gasteiger partial charge in [-0.05, 0) is 36.8 Å². The second-order valence-electron chi connectivity index (χ2n) is 4.33. The van der Waals surface area contributed by atoms with Crippen LogP contribution in [0.4, 0.5) is 0 Å². The fourth-order valence-electron chi connectivity index (χ4n) is 1.61. The Hall–Kier alpha value is -2.27. The van der Waals surface area contributed by atoms with E-state index in [0.717, 1.165) is 5.56 Å². The predicted molar refractivity (Wildman–Crippen MR) is 88.5 cm³/mol. The number of phosphoric ester groups is 1. The number of rotatable bonds is 4. The fraction of sp³-hybridized carbons (Fsp3) is 0.125. The number of phenolic OH excluding ortho intramolecular Hbond substituents is 1. The van der Waals surface area contributed by atoms with E-state index in [-0.39, 0.29) is 11.5 Å². The van der Waals surface area contributed by atoms with Crippen LogP contribution in [0.3, 0.4) is 0 Å². The smallest absolute Gasteiger partial charge is 0.504 e. The first-order chi connectivity index (χ1) is 10.9. The van der Waals surface area contributed by atoms with Crippen molar-refractivity contribution in [2.24, 2.45) is 0 Å². The molecule has 0 unspecified atom stereocenters. The summed E-state index contributed by atoms with van der Waals surface area (Å²) in [5.74, 6) is 0.845. The highest BCUT2D eigenvalue weighted by atomic mass is 31.2. The predicted octanol–water partition coefficient (Wildman–Crippen LogP) is 3.59. The molecule has 0 radical (unpaired) electrons. The van der Waals surface area contributed by atoms with E-state index in [1.165, 1.54) is 19.2 Å². The Balaban J connectivity index is 0.000000231. The quantitative estimate of drug-likeness (QED) is 0.737. The van der Waals surface area contributed by atoms with E-state index in [1.54, 1.807) is 30.3 Å². The van der Waals surface area contributed by atoms with Crippen molar-refractivity contribution in [3.05, 3.63) is 60.2 Å². The minimum absolute atomic E-state index is 0.167. The Morgan fingerprint density at radius 1 is 1.09 bits per heavy atom. The normalized spacial score (nSPS) is 10.8. The highest BCUT2D eigenvalue weighted by Gasteiger charge is 2.14. The number of phosphoric acid groups is 1. The van der Waals surface area contributed by atoms with Crippen LogP contribution in [-0.4, -0.2) is 22.0 Å². The van der Waals surface area contributed by atoms with Crippen LogP contribution in [0.1, 0.15) is 12.5 Å². The summed E-state index contributed by atoms with van der Waals surface area (Å²) in [4.78, 5) is 16.7. The van der Waals surface area contributed by atoms with E-state index < -0.39 is 7.82 Å². The minimum atomic E-state index is -4.39. The van der Waals surface area contributed by atoms with Crippen molar-refractivity contribution in [3.63, 3.8) is 0 Å². The van der Waals surface area contributed by atoms with Gasteiger partial charge < -0.3 is 14.4 Å². The Morgan fingerprint density at radius 2 is 1.74 bits per heavy atom. The maximum absolute atomic E-state index is 10.3. The molecule has 0 atom stereocenters. The molecule has 0 saturated carbocycles. The first kappa shape index (κ1) is 18.8. The standard InChI is InChI=1S/C10H12O2.C6H7O4P/c1-3-4-8-5-6-9(11)10(7-8)12-2;7-11(8,9)10-6-4-2-1-3-5-6/h3-7,11H,1-2H3;1-5H,(H2,7,8,9). The van der Waals surface area contributed by atoms with E-state index in [9.17, 15) is 9.67 Å². The van der Waals surface area contributed by atoms with Crippen LogP contribution in [0.15, 0.2) is 54.6 Å². The molecule has 7 heteroatoms. The van der Waals surface area contributed by atoms with Gasteiger partial charge in [-0.1, -0.05) is 36.4 Å². The summed E-state index contributed by atoms with van der Waals surface area (Å²) >= 11 is 0. The number of hydrogen-bond donors (Lipinski definition) is 3. The van der Waals surface area contributed by atoms with E-state index in [4.69, 9.17) is 14.5 Å². The molecule has 0 aliphatic rings. The van der Waals surface area contributed by atoms with Gasteiger partial charge in [0.15, 0.2) is 11.5 Å². The van der Waals surface area contributed by atoms with Crippen molar-refractivity contribution in [1.82, 2.24) is 0 Å². The number of para-hydroxylation sites is 1. The third-order valence-electron chi connectivity index (χ3n) is 2.53. The Labute approximate surface area is 134 Å². The molecule has 124 valence electrons. The molecule has 2 aromatic rings. The van der Waals surface area contributed by atoms with Gasteiger partial charge in [0.25, 0.3) is 0 Å². The molecule has 0 bridgehead atoms. The lowest BCUT2D eigenvalue weighted by Crippen LogP contribution is -1.88. The zero-order chi connectivity index (χ0) is 17.3. The van der Waals surface area contributed by atoms with Crippen molar-refractivity contribution < 1.29 is 28.7 Å². The van der Waals surface area contributed by atoms with E-state index in [2.05, 4.69) is 4.52 Å². The molecule has 6 nitrogen and oxygen atoms in total. The first-order valence-electron chi connectivity index (χ1n) is 6.65. The van der Waals surface area contributed by atoms with Gasteiger partial charge in [0.2, 0.25) is 0 Å². The van der Waals surface area contributed by atoms with E-state index in [0.29, 0.717) is 5.75 Å². The van der Waals surface area contributed by atoms with Gasteiger partial charge in [-0.25, -0.2) is 4.57 Å². The molecule has 0 amide bonds. The van der Waals surface area contributed by atoms with Crippen molar-refractivity contribution in [3.8, 4) is 17.2 Å². The minimum Gasteiger partial charge on any atom is -0.504 e. The second-order valence-corrected chi connectivity index (χ2v) is 5.49. The van der Waals surface area contributed by atoms with Crippen LogP contribution in [0.2, 0.25) is 0 Å². The number of allylic oxidation sites excluding steroid dienone is 1. The molecule has 2 aromatic carbocycles. The SMILES string of the molecule is CC=Cc1ccc(O)c(OC)c1.O=P(O)(O)Oc1ccccc1. The number of phenols is 1. The molecular weight excluding hydrogens is 319 g/mol. The maximum Gasteiger partial charge on any atom is 0.524 e. The summed E-state index contributed by atoms with van der Waals surface area (Å²) < 4.78 is 19.5. The highest BCUT2D eigenvalue weighted by Crippen LogP contribution is 2.36. The largest absolute Gasteiger partial charge is 0.524 e. The second kappa shape index (κ2) is 9.00. The van der Waals surface area contributed by atoms with Crippen LogP contribution >= 0.6 is 7.82 Å². The average molecular weight is 338 g/mol. The number of hydrogen-bond acceptors (Lipinski definition) is 4. The summed E-state index contributed by atoms with van der Waals surface area (Å²) in [6, 6.07) is 13.2. The number of methoxy groups -OCH3 is 1. The molecular formula is C16H19O6P. The molecule has 23 heavy (non-hydrogen) atoms. The molecule has 0 aliphatic heterocycles. The summed E-state index contributed by atoms with van der Waals surface area (Å²) in [5, 5.41) is 9.25. The van der Waals surface area contributed by atoms with Crippen LogP contribution in [0, 0.1) is 0 Å². The average Bonchev–Trinajstić information content (AvgIpc) is 2.49. The van der Waals surface area contributed by atoms with Gasteiger partial charge in [0.1, 0.15) is 5.75 Å². The van der Waals surface area contributed by atoms with Gasteiger partial charge >= 0.3 is 7.82 Å².